The van der Waals surface area contributed by atoms with E-state index in [0.29, 0.717) is 5.02 Å². The molecule has 0 radical (unpaired) electrons. The number of benzene rings is 1. The van der Waals surface area contributed by atoms with Crippen molar-refractivity contribution in [3.63, 3.8) is 0 Å². The Bertz CT molecular complexity index is 1000. The maximum atomic E-state index is 12.2. The van der Waals surface area contributed by atoms with Crippen LogP contribution in [0, 0.1) is 0 Å². The Balaban J connectivity index is 0.000000344. The Hall–Kier alpha value is -0.810. The van der Waals surface area contributed by atoms with Crippen molar-refractivity contribution >= 4 is 38.4 Å². The van der Waals surface area contributed by atoms with E-state index < -0.39 is 15.8 Å². The zero-order chi connectivity index (χ0) is 24.8. The number of aromatic nitrogens is 3. The van der Waals surface area contributed by atoms with Gasteiger partial charge in [-0.2, -0.15) is 4.89 Å². The van der Waals surface area contributed by atoms with Gasteiger partial charge in [0.1, 0.15) is 11.7 Å². The molecule has 2 aromatic rings. The summed E-state index contributed by atoms with van der Waals surface area (Å²) in [6, 6.07) is 5.71. The summed E-state index contributed by atoms with van der Waals surface area (Å²) in [5, 5.41) is 9.51. The summed E-state index contributed by atoms with van der Waals surface area (Å²) < 4.78 is 68.3. The molecule has 16 heteroatoms. The predicted molar refractivity (Wildman–Crippen MR) is 122 cm³/mol. The summed E-state index contributed by atoms with van der Waals surface area (Å²) in [7, 11) is -13.2. The number of hydrogen-bond acceptors (Lipinski definition) is 6. The standard InChI is InChI=1S/C18H27ClN6OP.F6P/c19-15-7-8-16-17(14-15)25(21-20-16)18-6-5-13-24(18)27(26,22-9-1-2-10-22)23-11-3-4-12-23;1-7(2,3,4,5)6/h7-8,14,18,26H,1-6,9-13H2;/q+1;-1. The number of hydrogen-bond donors (Lipinski definition) is 1. The maximum Gasteiger partial charge on any atom is 0.370 e. The first-order valence-electron chi connectivity index (χ1n) is 11.1. The molecular weight excluding hydrogens is 528 g/mol. The van der Waals surface area contributed by atoms with Crippen molar-refractivity contribution in [3.05, 3.63) is 23.2 Å². The van der Waals surface area contributed by atoms with E-state index in [0.717, 1.165) is 56.6 Å². The Morgan fingerprint density at radius 3 is 1.94 bits per heavy atom. The van der Waals surface area contributed by atoms with Crippen molar-refractivity contribution in [2.75, 3.05) is 32.7 Å². The van der Waals surface area contributed by atoms with E-state index >= 15 is 0 Å². The SMILES string of the molecule is F[P-](F)(F)(F)(F)F.O[P+](N1CCCC1)(N1CCCC1)N1CCCC1n1nnc2ccc(Cl)cc21. The Kier molecular flexibility index (Phi) is 6.68. The molecule has 0 bridgehead atoms. The summed E-state index contributed by atoms with van der Waals surface area (Å²) in [6.45, 7) is 4.88. The molecular formula is C18H27ClF6N6OP2. The van der Waals surface area contributed by atoms with Crippen molar-refractivity contribution in [2.45, 2.75) is 44.7 Å². The second-order valence-electron chi connectivity index (χ2n) is 8.77. The first kappa shape index (κ1) is 26.3. The van der Waals surface area contributed by atoms with Crippen LogP contribution < -0.4 is 0 Å². The van der Waals surface area contributed by atoms with Crippen molar-refractivity contribution in [1.82, 2.24) is 29.0 Å². The van der Waals surface area contributed by atoms with E-state index in [9.17, 15) is 30.1 Å². The van der Waals surface area contributed by atoms with Crippen LogP contribution in [0.15, 0.2) is 18.2 Å². The van der Waals surface area contributed by atoms with Gasteiger partial charge in [-0.1, -0.05) is 21.5 Å². The van der Waals surface area contributed by atoms with Gasteiger partial charge in [-0.15, -0.1) is 14.4 Å². The molecule has 1 N–H and O–H groups in total. The van der Waals surface area contributed by atoms with Crippen LogP contribution in [0.2, 0.25) is 5.02 Å². The van der Waals surface area contributed by atoms with E-state index in [-0.39, 0.29) is 6.17 Å². The zero-order valence-electron chi connectivity index (χ0n) is 18.3. The molecule has 1 aromatic carbocycles. The van der Waals surface area contributed by atoms with Crippen LogP contribution in [0.5, 0.6) is 0 Å². The van der Waals surface area contributed by atoms with Gasteiger partial charge < -0.3 is 0 Å². The van der Waals surface area contributed by atoms with Crippen LogP contribution in [0.25, 0.3) is 11.0 Å². The minimum atomic E-state index is -10.7. The fraction of sp³-hybridized carbons (Fsp3) is 0.667. The van der Waals surface area contributed by atoms with Gasteiger partial charge in [0, 0.05) is 37.7 Å². The molecule has 5 rings (SSSR count). The average Bonchev–Trinajstić information content (AvgIpc) is 3.52. The van der Waals surface area contributed by atoms with Gasteiger partial charge in [0.05, 0.1) is 5.52 Å². The largest absolute Gasteiger partial charge is 0.370 e. The van der Waals surface area contributed by atoms with E-state index in [1.807, 2.05) is 22.9 Å². The summed E-state index contributed by atoms with van der Waals surface area (Å²) >= 11 is 6.25. The molecule has 194 valence electrons. The summed E-state index contributed by atoms with van der Waals surface area (Å²) in [5.74, 6) is 0. The molecule has 4 heterocycles. The number of rotatable bonds is 4. The van der Waals surface area contributed by atoms with Gasteiger partial charge in [0.2, 0.25) is 0 Å². The summed E-state index contributed by atoms with van der Waals surface area (Å²) in [4.78, 5) is 12.2. The van der Waals surface area contributed by atoms with Crippen LogP contribution in [0.3, 0.4) is 0 Å². The molecule has 3 fully saturated rings. The van der Waals surface area contributed by atoms with Crippen LogP contribution in [-0.4, -0.2) is 66.6 Å². The first-order chi connectivity index (χ1) is 15.6. The Labute approximate surface area is 198 Å². The van der Waals surface area contributed by atoms with E-state index in [2.05, 4.69) is 24.3 Å². The van der Waals surface area contributed by atoms with E-state index in [1.165, 1.54) is 25.7 Å². The molecule has 34 heavy (non-hydrogen) atoms. The topological polar surface area (TPSA) is 60.7 Å². The van der Waals surface area contributed by atoms with Crippen molar-refractivity contribution < 1.29 is 30.1 Å². The van der Waals surface area contributed by atoms with Gasteiger partial charge in [0.15, 0.2) is 0 Å². The van der Waals surface area contributed by atoms with Crippen LogP contribution >= 0.6 is 27.4 Å². The van der Waals surface area contributed by atoms with Crippen LogP contribution in [0.1, 0.15) is 44.7 Å². The predicted octanol–water partition coefficient (Wildman–Crippen LogP) is 6.92. The number of fused-ring (bicyclic) bond motifs is 1. The molecule has 0 aliphatic carbocycles. The van der Waals surface area contributed by atoms with Crippen molar-refractivity contribution in [2.24, 2.45) is 0 Å². The Morgan fingerprint density at radius 2 is 1.41 bits per heavy atom. The second-order valence-corrected chi connectivity index (χ2v) is 13.8. The van der Waals surface area contributed by atoms with E-state index in [1.54, 1.807) is 0 Å². The third-order valence-electron chi connectivity index (χ3n) is 6.18. The smallest absolute Gasteiger partial charge is 0.224 e. The molecule has 3 aliphatic heterocycles. The molecule has 3 saturated heterocycles. The molecule has 3 aliphatic rings. The zero-order valence-corrected chi connectivity index (χ0v) is 20.8. The minimum absolute atomic E-state index is 0.0352. The third-order valence-corrected chi connectivity index (χ3v) is 9.89. The normalized spacial score (nSPS) is 25.4. The van der Waals surface area contributed by atoms with Gasteiger partial charge in [-0.25, -0.2) is 4.68 Å². The fourth-order valence-corrected chi connectivity index (χ4v) is 8.66. The Morgan fingerprint density at radius 1 is 0.882 bits per heavy atom. The average molecular weight is 555 g/mol. The summed E-state index contributed by atoms with van der Waals surface area (Å²) in [6.07, 6.45) is 6.79. The molecule has 1 atom stereocenters. The van der Waals surface area contributed by atoms with Gasteiger partial charge in [0.25, 0.3) is 0 Å². The van der Waals surface area contributed by atoms with Gasteiger partial charge in [-0.3, -0.25) is 0 Å². The van der Waals surface area contributed by atoms with Crippen LogP contribution in [0.4, 0.5) is 25.2 Å². The molecule has 1 unspecified atom stereocenters. The van der Waals surface area contributed by atoms with Crippen LogP contribution in [-0.2, 0) is 0 Å². The molecule has 7 nitrogen and oxygen atoms in total. The molecule has 0 saturated carbocycles. The summed E-state index contributed by atoms with van der Waals surface area (Å²) in [5.41, 5.74) is 1.81. The fourth-order valence-electron chi connectivity index (χ4n) is 4.87. The number of halogens is 7. The monoisotopic (exact) mass is 554 g/mol. The minimum Gasteiger partial charge on any atom is -0.224 e. The van der Waals surface area contributed by atoms with Gasteiger partial charge >= 0.3 is 40.9 Å². The first-order valence-corrected chi connectivity index (χ1v) is 15.1. The number of nitrogens with zero attached hydrogens (tertiary/aromatic N) is 6. The van der Waals surface area contributed by atoms with Gasteiger partial charge in [-0.05, 0) is 56.7 Å². The maximum absolute atomic E-state index is 12.2. The molecule has 0 amide bonds. The van der Waals surface area contributed by atoms with Crippen molar-refractivity contribution in [3.8, 4) is 0 Å². The third kappa shape index (κ3) is 6.30. The van der Waals surface area contributed by atoms with Crippen molar-refractivity contribution in [1.29, 1.82) is 0 Å². The molecule has 0 spiro atoms. The molecule has 1 aromatic heterocycles. The van der Waals surface area contributed by atoms with E-state index in [4.69, 9.17) is 11.6 Å². The second kappa shape index (κ2) is 8.64. The quantitative estimate of drug-likeness (QED) is 0.327.